The van der Waals surface area contributed by atoms with Crippen LogP contribution in [-0.4, -0.2) is 21.8 Å². The van der Waals surface area contributed by atoms with Gasteiger partial charge < -0.3 is 5.32 Å². The first-order valence-corrected chi connectivity index (χ1v) is 10.1. The van der Waals surface area contributed by atoms with Crippen molar-refractivity contribution in [3.63, 3.8) is 0 Å². The van der Waals surface area contributed by atoms with Crippen LogP contribution in [0.15, 0.2) is 60.0 Å². The van der Waals surface area contributed by atoms with Crippen LogP contribution >= 0.6 is 22.9 Å². The average Bonchev–Trinajstić information content (AvgIpc) is 3.21. The van der Waals surface area contributed by atoms with Gasteiger partial charge in [-0.15, -0.1) is 11.3 Å². The number of benzene rings is 2. The maximum Gasteiger partial charge on any atom is 0.325 e. The Hall–Kier alpha value is -2.70. The van der Waals surface area contributed by atoms with Gasteiger partial charge in [0.05, 0.1) is 17.2 Å². The molecule has 1 aliphatic rings. The highest BCUT2D eigenvalue weighted by Crippen LogP contribution is 2.30. The Morgan fingerprint density at radius 1 is 1.11 bits per heavy atom. The number of urea groups is 1. The third-order valence-corrected chi connectivity index (χ3v) is 5.96. The normalized spacial score (nSPS) is 19.1. The number of thiazole rings is 1. The van der Waals surface area contributed by atoms with Crippen LogP contribution in [0.1, 0.15) is 28.8 Å². The van der Waals surface area contributed by atoms with Gasteiger partial charge in [0, 0.05) is 16.8 Å². The summed E-state index contributed by atoms with van der Waals surface area (Å²) in [5.41, 5.74) is 1.47. The molecule has 0 saturated carbocycles. The molecule has 7 heteroatoms. The van der Waals surface area contributed by atoms with Gasteiger partial charge >= 0.3 is 6.03 Å². The first kappa shape index (κ1) is 18.7. The van der Waals surface area contributed by atoms with Crippen molar-refractivity contribution < 1.29 is 9.59 Å². The zero-order valence-corrected chi connectivity index (χ0v) is 16.8. The molecule has 142 valence electrons. The van der Waals surface area contributed by atoms with Crippen molar-refractivity contribution in [2.45, 2.75) is 25.4 Å². The maximum absolute atomic E-state index is 13.0. The quantitative estimate of drug-likeness (QED) is 0.634. The Balaban J connectivity index is 1.50. The second-order valence-electron chi connectivity index (χ2n) is 6.85. The SMILES string of the molecule is C[C@@]1(c2ccc(Cl)cc2)NC(=O)N(Cc2csc(Cc3ccccc3)n2)C1=O. The fourth-order valence-corrected chi connectivity index (χ4v) is 4.20. The summed E-state index contributed by atoms with van der Waals surface area (Å²) in [6, 6.07) is 16.6. The lowest BCUT2D eigenvalue weighted by Crippen LogP contribution is -2.40. The maximum atomic E-state index is 13.0. The van der Waals surface area contributed by atoms with E-state index in [1.165, 1.54) is 21.8 Å². The molecule has 2 aromatic carbocycles. The van der Waals surface area contributed by atoms with Gasteiger partial charge in [-0.05, 0) is 30.2 Å². The summed E-state index contributed by atoms with van der Waals surface area (Å²) in [7, 11) is 0. The molecule has 4 rings (SSSR count). The predicted octanol–water partition coefficient (Wildman–Crippen LogP) is 4.35. The van der Waals surface area contributed by atoms with E-state index >= 15 is 0 Å². The fraction of sp³-hybridized carbons (Fsp3) is 0.190. The molecule has 1 saturated heterocycles. The molecule has 2 heterocycles. The second kappa shape index (κ2) is 7.37. The summed E-state index contributed by atoms with van der Waals surface area (Å²) < 4.78 is 0. The smallest absolute Gasteiger partial charge is 0.319 e. The van der Waals surface area contributed by atoms with E-state index in [1.807, 2.05) is 23.6 Å². The standard InChI is InChI=1S/C21H18ClN3O2S/c1-21(15-7-9-16(22)10-8-15)19(26)25(20(27)24-21)12-17-13-28-18(23-17)11-14-5-3-2-4-6-14/h2-10,13H,11-12H2,1H3,(H,24,27)/t21-/m0/s1. The van der Waals surface area contributed by atoms with Crippen molar-refractivity contribution in [3.8, 4) is 0 Å². The molecule has 3 aromatic rings. The topological polar surface area (TPSA) is 62.3 Å². The Morgan fingerprint density at radius 2 is 1.82 bits per heavy atom. The van der Waals surface area contributed by atoms with E-state index in [9.17, 15) is 9.59 Å². The van der Waals surface area contributed by atoms with Gasteiger partial charge in [0.25, 0.3) is 5.91 Å². The Kier molecular flexibility index (Phi) is 4.91. The van der Waals surface area contributed by atoms with E-state index in [4.69, 9.17) is 11.6 Å². The Morgan fingerprint density at radius 3 is 2.54 bits per heavy atom. The minimum absolute atomic E-state index is 0.152. The van der Waals surface area contributed by atoms with Crippen molar-refractivity contribution in [2.75, 3.05) is 0 Å². The summed E-state index contributed by atoms with van der Waals surface area (Å²) in [5, 5.41) is 6.23. The van der Waals surface area contributed by atoms with Gasteiger partial charge in [-0.25, -0.2) is 9.78 Å². The van der Waals surface area contributed by atoms with Crippen LogP contribution in [0.3, 0.4) is 0 Å². The molecular weight excluding hydrogens is 394 g/mol. The van der Waals surface area contributed by atoms with Crippen LogP contribution in [0, 0.1) is 0 Å². The van der Waals surface area contributed by atoms with Crippen LogP contribution in [0.4, 0.5) is 4.79 Å². The minimum atomic E-state index is -1.11. The van der Waals surface area contributed by atoms with Crippen LogP contribution in [0.2, 0.25) is 5.02 Å². The van der Waals surface area contributed by atoms with E-state index < -0.39 is 11.6 Å². The van der Waals surface area contributed by atoms with E-state index in [0.29, 0.717) is 16.3 Å². The van der Waals surface area contributed by atoms with Gasteiger partial charge in [0.2, 0.25) is 0 Å². The first-order chi connectivity index (χ1) is 13.5. The highest BCUT2D eigenvalue weighted by molar-refractivity contribution is 7.09. The van der Waals surface area contributed by atoms with Crippen molar-refractivity contribution in [1.29, 1.82) is 0 Å². The molecule has 0 unspecified atom stereocenters. The van der Waals surface area contributed by atoms with E-state index in [-0.39, 0.29) is 12.5 Å². The molecule has 5 nitrogen and oxygen atoms in total. The third kappa shape index (κ3) is 3.53. The summed E-state index contributed by atoms with van der Waals surface area (Å²) in [4.78, 5) is 31.3. The van der Waals surface area contributed by atoms with Crippen LogP contribution in [0.5, 0.6) is 0 Å². The van der Waals surface area contributed by atoms with E-state index in [1.54, 1.807) is 31.2 Å². The number of nitrogens with one attached hydrogen (secondary N) is 1. The lowest BCUT2D eigenvalue weighted by Gasteiger charge is -2.22. The molecule has 28 heavy (non-hydrogen) atoms. The molecule has 0 bridgehead atoms. The van der Waals surface area contributed by atoms with E-state index in [2.05, 4.69) is 22.4 Å². The molecule has 3 amide bonds. The molecule has 0 radical (unpaired) electrons. The summed E-state index contributed by atoms with van der Waals surface area (Å²) in [6.07, 6.45) is 0.730. The van der Waals surface area contributed by atoms with Crippen LogP contribution < -0.4 is 5.32 Å². The lowest BCUT2D eigenvalue weighted by molar-refractivity contribution is -0.131. The van der Waals surface area contributed by atoms with Crippen molar-refractivity contribution >= 4 is 34.9 Å². The highest BCUT2D eigenvalue weighted by Gasteiger charge is 2.49. The third-order valence-electron chi connectivity index (χ3n) is 4.81. The summed E-state index contributed by atoms with van der Waals surface area (Å²) >= 11 is 7.47. The first-order valence-electron chi connectivity index (χ1n) is 8.83. The van der Waals surface area contributed by atoms with Crippen molar-refractivity contribution in [3.05, 3.63) is 86.8 Å². The number of hydrogen-bond acceptors (Lipinski definition) is 4. The van der Waals surface area contributed by atoms with Gasteiger partial charge in [-0.1, -0.05) is 54.1 Å². The zero-order valence-electron chi connectivity index (χ0n) is 15.2. The number of aromatic nitrogens is 1. The number of carbonyl (C=O) groups is 2. The van der Waals surface area contributed by atoms with Gasteiger partial charge in [-0.2, -0.15) is 0 Å². The van der Waals surface area contributed by atoms with Crippen molar-refractivity contribution in [1.82, 2.24) is 15.2 Å². The molecule has 1 fully saturated rings. The molecule has 1 atom stereocenters. The molecule has 1 aliphatic heterocycles. The van der Waals surface area contributed by atoms with Crippen LogP contribution in [0.25, 0.3) is 0 Å². The summed E-state index contributed by atoms with van der Waals surface area (Å²) in [6.45, 7) is 1.86. The predicted molar refractivity (Wildman–Crippen MR) is 109 cm³/mol. The number of rotatable bonds is 5. The van der Waals surface area contributed by atoms with Gasteiger partial charge in [-0.3, -0.25) is 9.69 Å². The largest absolute Gasteiger partial charge is 0.325 e. The monoisotopic (exact) mass is 411 g/mol. The number of hydrogen-bond donors (Lipinski definition) is 1. The molecular formula is C21H18ClN3O2S. The Bertz CT molecular complexity index is 1020. The molecule has 1 N–H and O–H groups in total. The Labute approximate surface area is 172 Å². The lowest BCUT2D eigenvalue weighted by atomic mass is 9.92. The minimum Gasteiger partial charge on any atom is -0.319 e. The fourth-order valence-electron chi connectivity index (χ4n) is 3.25. The molecule has 0 aliphatic carbocycles. The summed E-state index contributed by atoms with van der Waals surface area (Å²) in [5.74, 6) is -0.294. The number of carbonyl (C=O) groups excluding carboxylic acids is 2. The average molecular weight is 412 g/mol. The molecule has 1 aromatic heterocycles. The van der Waals surface area contributed by atoms with Crippen molar-refractivity contribution in [2.24, 2.45) is 0 Å². The van der Waals surface area contributed by atoms with E-state index in [0.717, 1.165) is 11.4 Å². The molecule has 0 spiro atoms. The number of nitrogens with zero attached hydrogens (tertiary/aromatic N) is 2. The number of halogens is 1. The van der Waals surface area contributed by atoms with Crippen LogP contribution in [-0.2, 0) is 23.3 Å². The van der Waals surface area contributed by atoms with Gasteiger partial charge in [0.15, 0.2) is 0 Å². The number of amides is 3. The zero-order chi connectivity index (χ0) is 19.7. The second-order valence-corrected chi connectivity index (χ2v) is 8.23. The number of imide groups is 1. The van der Waals surface area contributed by atoms with Gasteiger partial charge in [0.1, 0.15) is 5.54 Å². The highest BCUT2D eigenvalue weighted by atomic mass is 35.5.